The first-order chi connectivity index (χ1) is 13.2. The molecule has 27 heavy (non-hydrogen) atoms. The molecule has 4 nitrogen and oxygen atoms in total. The maximum atomic E-state index is 12.9. The highest BCUT2D eigenvalue weighted by Crippen LogP contribution is 2.30. The Morgan fingerprint density at radius 1 is 1.11 bits per heavy atom. The summed E-state index contributed by atoms with van der Waals surface area (Å²) in [5.41, 5.74) is 2.31. The summed E-state index contributed by atoms with van der Waals surface area (Å²) >= 11 is 6.08. The molecule has 0 aliphatic carbocycles. The van der Waals surface area contributed by atoms with Gasteiger partial charge in [0.15, 0.2) is 0 Å². The zero-order valence-electron chi connectivity index (χ0n) is 15.4. The van der Waals surface area contributed by atoms with Gasteiger partial charge in [-0.25, -0.2) is 9.28 Å². The molecule has 0 aromatic heterocycles. The van der Waals surface area contributed by atoms with Crippen LogP contribution in [0.15, 0.2) is 66.7 Å². The molecule has 2 unspecified atom stereocenters. The van der Waals surface area contributed by atoms with Crippen molar-refractivity contribution in [3.8, 4) is 0 Å². The Morgan fingerprint density at radius 2 is 1.89 bits per heavy atom. The third-order valence-corrected chi connectivity index (χ3v) is 5.87. The summed E-state index contributed by atoms with van der Waals surface area (Å²) in [6, 6.07) is 18.6. The number of hydrogen-bond donors (Lipinski definition) is 1. The highest BCUT2D eigenvalue weighted by atomic mass is 35.5. The topological polar surface area (TPSA) is 32.3 Å². The van der Waals surface area contributed by atoms with E-state index in [1.165, 1.54) is 5.56 Å². The van der Waals surface area contributed by atoms with Crippen molar-refractivity contribution in [2.24, 2.45) is 0 Å². The molecule has 0 spiro atoms. The number of carbonyl (C=O) groups excluding carboxylic acids is 1. The third kappa shape index (κ3) is 3.79. The van der Waals surface area contributed by atoms with Crippen LogP contribution in [-0.2, 0) is 6.54 Å². The number of nitrogens with one attached hydrogen (secondary N) is 1. The second-order valence-electron chi connectivity index (χ2n) is 7.32. The molecular weight excluding hydrogens is 358 g/mol. The van der Waals surface area contributed by atoms with Gasteiger partial charge in [-0.1, -0.05) is 54.1 Å². The number of rotatable bonds is 5. The van der Waals surface area contributed by atoms with Crippen LogP contribution in [0, 0.1) is 0 Å². The van der Waals surface area contributed by atoms with Gasteiger partial charge in [0.2, 0.25) is 0 Å². The van der Waals surface area contributed by atoms with Gasteiger partial charge in [-0.15, -0.1) is 0 Å². The smallest absolute Gasteiger partial charge is 0.300 e. The fraction of sp³-hybridized carbons (Fsp3) is 0.318. The fourth-order valence-corrected chi connectivity index (χ4v) is 4.28. The van der Waals surface area contributed by atoms with E-state index >= 15 is 0 Å². The van der Waals surface area contributed by atoms with Crippen LogP contribution < -0.4 is 9.80 Å². The molecule has 2 aromatic carbocycles. The van der Waals surface area contributed by atoms with Crippen LogP contribution >= 0.6 is 11.6 Å². The molecule has 2 atom stereocenters. The fourth-order valence-electron chi connectivity index (χ4n) is 4.15. The van der Waals surface area contributed by atoms with E-state index in [1.807, 2.05) is 30.3 Å². The maximum Gasteiger partial charge on any atom is 0.422 e. The van der Waals surface area contributed by atoms with Gasteiger partial charge in [-0.2, -0.15) is 0 Å². The van der Waals surface area contributed by atoms with Crippen LogP contribution in [0.2, 0.25) is 5.02 Å². The lowest BCUT2D eigenvalue weighted by molar-refractivity contribution is 0.168. The van der Waals surface area contributed by atoms with E-state index in [-0.39, 0.29) is 12.1 Å². The lowest BCUT2D eigenvalue weighted by Gasteiger charge is -2.38. The van der Waals surface area contributed by atoms with E-state index in [9.17, 15) is 4.79 Å². The molecule has 5 heteroatoms. The predicted octanol–water partition coefficient (Wildman–Crippen LogP) is 4.20. The van der Waals surface area contributed by atoms with Gasteiger partial charge in [0.25, 0.3) is 0 Å². The summed E-state index contributed by atoms with van der Waals surface area (Å²) < 4.78 is 0.331. The Kier molecular flexibility index (Phi) is 5.30. The van der Waals surface area contributed by atoms with Crippen molar-refractivity contribution < 1.29 is 4.79 Å². The first-order valence-corrected chi connectivity index (χ1v) is 9.91. The second-order valence-corrected chi connectivity index (χ2v) is 7.76. The second kappa shape index (κ2) is 7.85. The summed E-state index contributed by atoms with van der Waals surface area (Å²) in [5.74, 6) is 0. The average Bonchev–Trinajstić information content (AvgIpc) is 3.06. The molecule has 0 radical (unpaired) electrons. The van der Waals surface area contributed by atoms with Gasteiger partial charge in [-0.3, -0.25) is 10.2 Å². The van der Waals surface area contributed by atoms with Gasteiger partial charge in [-0.05, 0) is 24.1 Å². The highest BCUT2D eigenvalue weighted by Gasteiger charge is 2.46. The van der Waals surface area contributed by atoms with Crippen LogP contribution in [0.5, 0.6) is 0 Å². The zero-order valence-corrected chi connectivity index (χ0v) is 16.1. The highest BCUT2D eigenvalue weighted by molar-refractivity contribution is 6.30. The molecular formula is C22H25ClN3O+. The molecule has 1 N–H and O–H groups in total. The van der Waals surface area contributed by atoms with E-state index in [0.717, 1.165) is 38.3 Å². The first kappa shape index (κ1) is 18.2. The summed E-state index contributed by atoms with van der Waals surface area (Å²) in [6.45, 7) is 4.12. The molecule has 2 aliphatic rings. The van der Waals surface area contributed by atoms with Crippen molar-refractivity contribution in [1.29, 1.82) is 0 Å². The monoisotopic (exact) mass is 382 g/mol. The number of carbonyl (C=O) groups is 1. The minimum Gasteiger partial charge on any atom is -0.300 e. The van der Waals surface area contributed by atoms with Gasteiger partial charge in [0.1, 0.15) is 18.8 Å². The molecule has 1 saturated heterocycles. The van der Waals surface area contributed by atoms with E-state index in [2.05, 4.69) is 46.6 Å². The van der Waals surface area contributed by atoms with E-state index in [1.54, 1.807) is 0 Å². The number of amides is 2. The lowest BCUT2D eigenvalue weighted by atomic mass is 10.1. The molecule has 2 heterocycles. The van der Waals surface area contributed by atoms with Crippen LogP contribution in [0.1, 0.15) is 12.0 Å². The average molecular weight is 383 g/mol. The molecule has 2 aliphatic heterocycles. The molecule has 0 saturated carbocycles. The van der Waals surface area contributed by atoms with Crippen LogP contribution in [0.3, 0.4) is 0 Å². The van der Waals surface area contributed by atoms with Gasteiger partial charge >= 0.3 is 6.03 Å². The minimum absolute atomic E-state index is 0.0796. The van der Waals surface area contributed by atoms with E-state index < -0.39 is 0 Å². The van der Waals surface area contributed by atoms with Crippen LogP contribution in [0.25, 0.3) is 0 Å². The summed E-state index contributed by atoms with van der Waals surface area (Å²) in [7, 11) is 0. The summed E-state index contributed by atoms with van der Waals surface area (Å²) in [5, 5.41) is 3.73. The first-order valence-electron chi connectivity index (χ1n) is 9.54. The number of benzene rings is 2. The van der Waals surface area contributed by atoms with Gasteiger partial charge in [0.05, 0.1) is 12.6 Å². The molecule has 4 rings (SSSR count). The zero-order chi connectivity index (χ0) is 18.7. The molecule has 0 bridgehead atoms. The number of quaternary nitrogens is 1. The normalized spacial score (nSPS) is 25.5. The van der Waals surface area contributed by atoms with Gasteiger partial charge in [0, 0.05) is 30.2 Å². The van der Waals surface area contributed by atoms with Crippen molar-refractivity contribution in [3.05, 3.63) is 77.3 Å². The van der Waals surface area contributed by atoms with Crippen LogP contribution in [0.4, 0.5) is 10.5 Å². The lowest BCUT2D eigenvalue weighted by Crippen LogP contribution is -2.58. The predicted molar refractivity (Wildman–Crippen MR) is 111 cm³/mol. The summed E-state index contributed by atoms with van der Waals surface area (Å²) in [6.07, 6.45) is 5.57. The van der Waals surface area contributed by atoms with Crippen molar-refractivity contribution in [2.75, 3.05) is 26.2 Å². The van der Waals surface area contributed by atoms with Crippen molar-refractivity contribution >= 4 is 23.3 Å². The standard InChI is InChI=1S/C22H24ClN3O/c23-19-9-11-21(12-10-19)26(15-13-24-22(26)27)17-20-8-4-5-14-25(20)16-18-6-2-1-3-7-18/h1-4,6-12,20H,5,13-17H2/p+1. The number of hydrogen-bond acceptors (Lipinski definition) is 2. The Morgan fingerprint density at radius 3 is 2.59 bits per heavy atom. The number of urea groups is 1. The maximum absolute atomic E-state index is 12.9. The Bertz CT molecular complexity index is 821. The van der Waals surface area contributed by atoms with Crippen molar-refractivity contribution in [2.45, 2.75) is 19.0 Å². The Labute approximate surface area is 165 Å². The van der Waals surface area contributed by atoms with E-state index in [4.69, 9.17) is 11.6 Å². The van der Waals surface area contributed by atoms with Crippen LogP contribution in [-0.4, -0.2) is 43.2 Å². The van der Waals surface area contributed by atoms with Crippen molar-refractivity contribution in [1.82, 2.24) is 14.7 Å². The Hall–Kier alpha value is -2.14. The Balaban J connectivity index is 1.61. The SMILES string of the molecule is O=C1NCC[N+]1(CC1C=CCCN1Cc1ccccc1)c1ccc(Cl)cc1. The molecule has 2 amide bonds. The van der Waals surface area contributed by atoms with Gasteiger partial charge < -0.3 is 0 Å². The third-order valence-electron chi connectivity index (χ3n) is 5.62. The van der Waals surface area contributed by atoms with E-state index in [0.29, 0.717) is 16.1 Å². The number of halogens is 1. The molecule has 140 valence electrons. The summed E-state index contributed by atoms with van der Waals surface area (Å²) in [4.78, 5) is 15.4. The van der Waals surface area contributed by atoms with Crippen molar-refractivity contribution in [3.63, 3.8) is 0 Å². The largest absolute Gasteiger partial charge is 0.422 e. The molecule has 2 aromatic rings. The quantitative estimate of drug-likeness (QED) is 0.620. The molecule has 1 fully saturated rings. The number of nitrogens with zero attached hydrogens (tertiary/aromatic N) is 2. The minimum atomic E-state index is 0.0796.